The van der Waals surface area contributed by atoms with Gasteiger partial charge in [-0.2, -0.15) is 0 Å². The summed E-state index contributed by atoms with van der Waals surface area (Å²) < 4.78 is 0. The first-order valence-electron chi connectivity index (χ1n) is 10.5. The molecule has 2 rings (SSSR count). The van der Waals surface area contributed by atoms with Crippen LogP contribution in [0, 0.1) is 5.41 Å². The van der Waals surface area contributed by atoms with Crippen LogP contribution < -0.4 is 16.0 Å². The first-order valence-corrected chi connectivity index (χ1v) is 10.5. The molecule has 1 fully saturated rings. The van der Waals surface area contributed by atoms with Gasteiger partial charge in [0.1, 0.15) is 0 Å². The van der Waals surface area contributed by atoms with E-state index in [2.05, 4.69) is 50.1 Å². The van der Waals surface area contributed by atoms with Crippen molar-refractivity contribution < 1.29 is 4.79 Å². The second-order valence-electron chi connectivity index (χ2n) is 8.18. The molecule has 6 nitrogen and oxygen atoms in total. The molecule has 0 atom stereocenters. The maximum atomic E-state index is 12.1. The van der Waals surface area contributed by atoms with E-state index in [4.69, 9.17) is 0 Å². The number of nitrogens with one attached hydrogen (secondary N) is 3. The molecule has 1 heterocycles. The van der Waals surface area contributed by atoms with Crippen molar-refractivity contribution in [2.45, 2.75) is 53.1 Å². The highest BCUT2D eigenvalue weighted by molar-refractivity contribution is 5.84. The average molecular weight is 388 g/mol. The van der Waals surface area contributed by atoms with Crippen molar-refractivity contribution in [3.8, 4) is 0 Å². The lowest BCUT2D eigenvalue weighted by molar-refractivity contribution is -0.128. The van der Waals surface area contributed by atoms with Crippen LogP contribution in [0.4, 0.5) is 0 Å². The van der Waals surface area contributed by atoms with Gasteiger partial charge in [-0.15, -0.1) is 0 Å². The molecule has 1 aromatic carbocycles. The SMILES string of the molecule is CCNC(=O)C(C)(C)CNC(=NC)NCc1ccc(CN2CCCCC2)cc1. The van der Waals surface area contributed by atoms with Gasteiger partial charge in [0.05, 0.1) is 5.41 Å². The third kappa shape index (κ3) is 7.15. The highest BCUT2D eigenvalue weighted by Gasteiger charge is 2.27. The minimum absolute atomic E-state index is 0.0437. The summed E-state index contributed by atoms with van der Waals surface area (Å²) in [5.74, 6) is 0.747. The Morgan fingerprint density at radius 1 is 1.04 bits per heavy atom. The quantitative estimate of drug-likeness (QED) is 0.474. The minimum Gasteiger partial charge on any atom is -0.356 e. The zero-order chi connectivity index (χ0) is 20.4. The number of hydrogen-bond acceptors (Lipinski definition) is 3. The highest BCUT2D eigenvalue weighted by atomic mass is 16.2. The zero-order valence-electron chi connectivity index (χ0n) is 18.0. The molecule has 1 aromatic rings. The molecule has 0 aliphatic carbocycles. The summed E-state index contributed by atoms with van der Waals surface area (Å²) in [6.45, 7) is 11.1. The number of likely N-dealkylation sites (tertiary alicyclic amines) is 1. The smallest absolute Gasteiger partial charge is 0.227 e. The molecule has 156 valence electrons. The summed E-state index contributed by atoms with van der Waals surface area (Å²) in [5, 5.41) is 9.46. The van der Waals surface area contributed by atoms with Crippen molar-refractivity contribution in [2.75, 3.05) is 33.2 Å². The standard InChI is InChI=1S/C22H37N5O/c1-5-24-20(28)22(2,3)17-26-21(23-4)25-15-18-9-11-19(12-10-18)16-27-13-7-6-8-14-27/h9-12H,5-8,13-17H2,1-4H3,(H,24,28)(H2,23,25,26). The Morgan fingerprint density at radius 3 is 2.29 bits per heavy atom. The number of carbonyl (C=O) groups excluding carboxylic acids is 1. The van der Waals surface area contributed by atoms with E-state index in [0.29, 0.717) is 25.6 Å². The summed E-state index contributed by atoms with van der Waals surface area (Å²) in [4.78, 5) is 18.9. The third-order valence-electron chi connectivity index (χ3n) is 5.21. The van der Waals surface area contributed by atoms with Gasteiger partial charge in [-0.05, 0) is 57.8 Å². The van der Waals surface area contributed by atoms with Gasteiger partial charge in [-0.3, -0.25) is 14.7 Å². The van der Waals surface area contributed by atoms with E-state index in [9.17, 15) is 4.79 Å². The topological polar surface area (TPSA) is 68.8 Å². The monoisotopic (exact) mass is 387 g/mol. The van der Waals surface area contributed by atoms with E-state index in [1.807, 2.05) is 20.8 Å². The van der Waals surface area contributed by atoms with E-state index in [0.717, 1.165) is 6.54 Å². The molecule has 1 amide bonds. The van der Waals surface area contributed by atoms with Gasteiger partial charge >= 0.3 is 0 Å². The van der Waals surface area contributed by atoms with Gasteiger partial charge < -0.3 is 16.0 Å². The van der Waals surface area contributed by atoms with Crippen LogP contribution in [0.3, 0.4) is 0 Å². The number of nitrogens with zero attached hydrogens (tertiary/aromatic N) is 2. The summed E-state index contributed by atoms with van der Waals surface area (Å²) in [7, 11) is 1.75. The van der Waals surface area contributed by atoms with Crippen LogP contribution in [0.2, 0.25) is 0 Å². The Balaban J connectivity index is 1.78. The average Bonchev–Trinajstić information content (AvgIpc) is 2.70. The van der Waals surface area contributed by atoms with Crippen LogP contribution in [0.1, 0.15) is 51.2 Å². The fraction of sp³-hybridized carbons (Fsp3) is 0.636. The second kappa shape index (κ2) is 11.1. The number of rotatable bonds is 8. The van der Waals surface area contributed by atoms with E-state index in [-0.39, 0.29) is 5.91 Å². The maximum absolute atomic E-state index is 12.1. The van der Waals surface area contributed by atoms with Gasteiger partial charge in [-0.25, -0.2) is 0 Å². The molecule has 6 heteroatoms. The number of guanidine groups is 1. The number of aliphatic imine (C=N–C) groups is 1. The largest absolute Gasteiger partial charge is 0.356 e. The summed E-state index contributed by atoms with van der Waals surface area (Å²) >= 11 is 0. The number of benzene rings is 1. The predicted octanol–water partition coefficient (Wildman–Crippen LogP) is 2.50. The lowest BCUT2D eigenvalue weighted by atomic mass is 9.92. The first kappa shape index (κ1) is 22.2. The molecular weight excluding hydrogens is 350 g/mol. The predicted molar refractivity (Wildman–Crippen MR) is 116 cm³/mol. The molecule has 1 aliphatic rings. The molecular formula is C22H37N5O. The van der Waals surface area contributed by atoms with Crippen molar-refractivity contribution in [2.24, 2.45) is 10.4 Å². The van der Waals surface area contributed by atoms with Crippen molar-refractivity contribution in [3.63, 3.8) is 0 Å². The van der Waals surface area contributed by atoms with Crippen LogP contribution in [-0.2, 0) is 17.9 Å². The molecule has 0 aromatic heterocycles. The molecule has 3 N–H and O–H groups in total. The van der Waals surface area contributed by atoms with Crippen LogP contribution in [0.25, 0.3) is 0 Å². The van der Waals surface area contributed by atoms with Crippen LogP contribution in [0.15, 0.2) is 29.3 Å². The van der Waals surface area contributed by atoms with Crippen LogP contribution >= 0.6 is 0 Å². The molecule has 0 unspecified atom stereocenters. The molecule has 0 radical (unpaired) electrons. The summed E-state index contributed by atoms with van der Waals surface area (Å²) in [6.07, 6.45) is 4.02. The van der Waals surface area contributed by atoms with Gasteiger partial charge in [0.2, 0.25) is 5.91 Å². The molecule has 1 aliphatic heterocycles. The number of hydrogen-bond donors (Lipinski definition) is 3. The lowest BCUT2D eigenvalue weighted by Crippen LogP contribution is -2.47. The minimum atomic E-state index is -0.496. The van der Waals surface area contributed by atoms with Crippen LogP contribution in [0.5, 0.6) is 0 Å². The second-order valence-corrected chi connectivity index (χ2v) is 8.18. The van der Waals surface area contributed by atoms with Crippen LogP contribution in [-0.4, -0.2) is 50.0 Å². The van der Waals surface area contributed by atoms with Crippen molar-refractivity contribution in [1.82, 2.24) is 20.9 Å². The fourth-order valence-corrected chi connectivity index (χ4v) is 3.33. The van der Waals surface area contributed by atoms with E-state index < -0.39 is 5.41 Å². The lowest BCUT2D eigenvalue weighted by Gasteiger charge is -2.26. The van der Waals surface area contributed by atoms with Gasteiger partial charge in [-0.1, -0.05) is 30.7 Å². The number of carbonyl (C=O) groups is 1. The molecule has 28 heavy (non-hydrogen) atoms. The summed E-state index contributed by atoms with van der Waals surface area (Å²) in [5.41, 5.74) is 2.09. The van der Waals surface area contributed by atoms with Gasteiger partial charge in [0, 0.05) is 33.2 Å². The first-order chi connectivity index (χ1) is 13.4. The zero-order valence-corrected chi connectivity index (χ0v) is 18.0. The third-order valence-corrected chi connectivity index (χ3v) is 5.21. The molecule has 0 spiro atoms. The summed E-state index contributed by atoms with van der Waals surface area (Å²) in [6, 6.07) is 8.80. The maximum Gasteiger partial charge on any atom is 0.227 e. The molecule has 1 saturated heterocycles. The molecule has 0 bridgehead atoms. The Labute approximate surface area is 170 Å². The van der Waals surface area contributed by atoms with E-state index in [1.165, 1.54) is 43.5 Å². The van der Waals surface area contributed by atoms with Gasteiger partial charge in [0.15, 0.2) is 5.96 Å². The fourth-order valence-electron chi connectivity index (χ4n) is 3.33. The normalized spacial score (nSPS) is 15.9. The number of piperidine rings is 1. The Morgan fingerprint density at radius 2 is 1.68 bits per heavy atom. The van der Waals surface area contributed by atoms with E-state index in [1.54, 1.807) is 7.05 Å². The Hall–Kier alpha value is -2.08. The highest BCUT2D eigenvalue weighted by Crippen LogP contribution is 2.14. The Bertz CT molecular complexity index is 633. The van der Waals surface area contributed by atoms with E-state index >= 15 is 0 Å². The molecule has 0 saturated carbocycles. The number of amides is 1. The Kier molecular flexibility index (Phi) is 8.77. The van der Waals surface area contributed by atoms with Crippen molar-refractivity contribution >= 4 is 11.9 Å². The van der Waals surface area contributed by atoms with Gasteiger partial charge in [0.25, 0.3) is 0 Å². The van der Waals surface area contributed by atoms with Crippen molar-refractivity contribution in [1.29, 1.82) is 0 Å². The van der Waals surface area contributed by atoms with Crippen molar-refractivity contribution in [3.05, 3.63) is 35.4 Å².